The highest BCUT2D eigenvalue weighted by Gasteiger charge is 2.44. The van der Waals surface area contributed by atoms with Gasteiger partial charge in [-0.2, -0.15) is 0 Å². The Labute approximate surface area is 119 Å². The number of ether oxygens (including phenoxy) is 2. The number of methoxy groups -OCH3 is 1. The molecule has 1 aliphatic carbocycles. The first-order valence-electron chi connectivity index (χ1n) is 7.37. The van der Waals surface area contributed by atoms with Gasteiger partial charge in [0.05, 0.1) is 12.7 Å². The number of benzene rings is 1. The second-order valence-corrected chi connectivity index (χ2v) is 6.02. The first kappa shape index (κ1) is 13.8. The molecule has 2 N–H and O–H groups in total. The molecule has 0 aromatic heterocycles. The Balaban J connectivity index is 1.83. The second-order valence-electron chi connectivity index (χ2n) is 6.02. The smallest absolute Gasteiger partial charge is 0.131 e. The molecule has 20 heavy (non-hydrogen) atoms. The minimum Gasteiger partial charge on any atom is -0.496 e. The van der Waals surface area contributed by atoms with Gasteiger partial charge < -0.3 is 15.2 Å². The van der Waals surface area contributed by atoms with Crippen molar-refractivity contribution in [2.24, 2.45) is 11.7 Å². The van der Waals surface area contributed by atoms with E-state index < -0.39 is 0 Å². The van der Waals surface area contributed by atoms with Crippen LogP contribution in [-0.4, -0.2) is 19.3 Å². The van der Waals surface area contributed by atoms with Crippen molar-refractivity contribution >= 4 is 0 Å². The van der Waals surface area contributed by atoms with Gasteiger partial charge in [-0.1, -0.05) is 6.07 Å². The summed E-state index contributed by atoms with van der Waals surface area (Å²) in [5.41, 5.74) is 6.91. The maximum Gasteiger partial charge on any atom is 0.131 e. The number of hydrogen-bond donors (Lipinski definition) is 1. The number of halogens is 1. The van der Waals surface area contributed by atoms with Crippen molar-refractivity contribution in [3.63, 3.8) is 0 Å². The van der Waals surface area contributed by atoms with Gasteiger partial charge in [0.25, 0.3) is 0 Å². The summed E-state index contributed by atoms with van der Waals surface area (Å²) in [7, 11) is 1.56. The van der Waals surface area contributed by atoms with Gasteiger partial charge in [0, 0.05) is 18.2 Å². The van der Waals surface area contributed by atoms with Crippen molar-refractivity contribution in [2.75, 3.05) is 13.7 Å². The molecule has 3 nitrogen and oxygen atoms in total. The van der Waals surface area contributed by atoms with E-state index in [4.69, 9.17) is 15.2 Å². The number of rotatable bonds is 3. The Kier molecular flexibility index (Phi) is 3.69. The summed E-state index contributed by atoms with van der Waals surface area (Å²) in [6.45, 7) is 0.731. The molecular weight excluding hydrogens is 257 g/mol. The molecule has 3 rings (SSSR count). The maximum atomic E-state index is 14.1. The molecule has 0 radical (unpaired) electrons. The molecule has 1 heterocycles. The quantitative estimate of drug-likeness (QED) is 0.924. The van der Waals surface area contributed by atoms with E-state index in [1.54, 1.807) is 19.2 Å². The van der Waals surface area contributed by atoms with Crippen molar-refractivity contribution in [1.82, 2.24) is 0 Å². The minimum atomic E-state index is -0.326. The van der Waals surface area contributed by atoms with Crippen LogP contribution in [0.25, 0.3) is 0 Å². The van der Waals surface area contributed by atoms with E-state index in [-0.39, 0.29) is 23.4 Å². The van der Waals surface area contributed by atoms with Gasteiger partial charge in [-0.05, 0) is 50.2 Å². The molecule has 110 valence electrons. The summed E-state index contributed by atoms with van der Waals surface area (Å²) < 4.78 is 25.3. The number of nitrogens with two attached hydrogens (primary N) is 1. The molecule has 0 amide bonds. The molecule has 1 aliphatic heterocycles. The predicted molar refractivity (Wildman–Crippen MR) is 75.1 cm³/mol. The van der Waals surface area contributed by atoms with Crippen LogP contribution in [-0.2, 0) is 4.74 Å². The van der Waals surface area contributed by atoms with Crippen molar-refractivity contribution < 1.29 is 13.9 Å². The average molecular weight is 279 g/mol. The van der Waals surface area contributed by atoms with E-state index in [2.05, 4.69) is 0 Å². The molecule has 1 saturated carbocycles. The Morgan fingerprint density at radius 3 is 2.90 bits per heavy atom. The molecule has 1 aromatic carbocycles. The molecule has 2 unspecified atom stereocenters. The maximum absolute atomic E-state index is 14.1. The highest BCUT2D eigenvalue weighted by atomic mass is 19.1. The van der Waals surface area contributed by atoms with Crippen LogP contribution >= 0.6 is 0 Å². The third kappa shape index (κ3) is 2.31. The zero-order valence-corrected chi connectivity index (χ0v) is 11.9. The molecular formula is C16H22FNO2. The van der Waals surface area contributed by atoms with Gasteiger partial charge in [-0.15, -0.1) is 0 Å². The molecule has 2 atom stereocenters. The fourth-order valence-corrected chi connectivity index (χ4v) is 3.55. The fraction of sp³-hybridized carbons (Fsp3) is 0.625. The van der Waals surface area contributed by atoms with E-state index in [1.807, 2.05) is 0 Å². The Morgan fingerprint density at radius 1 is 1.45 bits per heavy atom. The fourth-order valence-electron chi connectivity index (χ4n) is 3.55. The highest BCUT2D eigenvalue weighted by Crippen LogP contribution is 2.47. The van der Waals surface area contributed by atoms with Gasteiger partial charge in [-0.3, -0.25) is 0 Å². The lowest BCUT2D eigenvalue weighted by atomic mass is 9.69. The van der Waals surface area contributed by atoms with Crippen molar-refractivity contribution in [2.45, 2.75) is 43.7 Å². The lowest BCUT2D eigenvalue weighted by Gasteiger charge is -2.48. The Bertz CT molecular complexity index is 487. The van der Waals surface area contributed by atoms with Crippen LogP contribution in [0.2, 0.25) is 0 Å². The van der Waals surface area contributed by atoms with Crippen LogP contribution in [0, 0.1) is 11.7 Å². The van der Waals surface area contributed by atoms with Crippen molar-refractivity contribution in [3.8, 4) is 5.75 Å². The molecule has 1 saturated heterocycles. The Hall–Kier alpha value is -1.13. The summed E-state index contributed by atoms with van der Waals surface area (Å²) >= 11 is 0. The monoisotopic (exact) mass is 279 g/mol. The summed E-state index contributed by atoms with van der Waals surface area (Å²) in [6.07, 6.45) is 5.28. The summed E-state index contributed by atoms with van der Waals surface area (Å²) in [5.74, 6) is 0.535. The largest absolute Gasteiger partial charge is 0.496 e. The third-order valence-electron chi connectivity index (χ3n) is 4.87. The van der Waals surface area contributed by atoms with E-state index in [9.17, 15) is 4.39 Å². The molecule has 1 aromatic rings. The summed E-state index contributed by atoms with van der Waals surface area (Å²) in [6, 6.07) is 4.56. The normalized spacial score (nSPS) is 26.1. The van der Waals surface area contributed by atoms with Gasteiger partial charge in [0.1, 0.15) is 11.6 Å². The molecule has 4 heteroatoms. The zero-order valence-electron chi connectivity index (χ0n) is 11.9. The third-order valence-corrected chi connectivity index (χ3v) is 4.87. The SMILES string of the molecule is COc1cccc(F)c1C(N)C1CCOC2(CCC2)C1. The van der Waals surface area contributed by atoms with E-state index in [0.717, 1.165) is 32.3 Å². The Morgan fingerprint density at radius 2 is 2.25 bits per heavy atom. The zero-order chi connectivity index (χ0) is 14.2. The highest BCUT2D eigenvalue weighted by molar-refractivity contribution is 5.37. The molecule has 0 bridgehead atoms. The average Bonchev–Trinajstić information content (AvgIpc) is 2.44. The van der Waals surface area contributed by atoms with Crippen LogP contribution in [0.4, 0.5) is 4.39 Å². The van der Waals surface area contributed by atoms with Gasteiger partial charge in [0.2, 0.25) is 0 Å². The van der Waals surface area contributed by atoms with Crippen LogP contribution in [0.15, 0.2) is 18.2 Å². The minimum absolute atomic E-state index is 0.0268. The first-order chi connectivity index (χ1) is 9.65. The standard InChI is InChI=1S/C16H22FNO2/c1-19-13-5-2-4-12(17)14(13)15(18)11-6-9-20-16(10-11)7-3-8-16/h2,4-5,11,15H,3,6-10,18H2,1H3. The van der Waals surface area contributed by atoms with Gasteiger partial charge >= 0.3 is 0 Å². The molecule has 2 fully saturated rings. The summed E-state index contributed by atoms with van der Waals surface area (Å²) in [5, 5.41) is 0. The van der Waals surface area contributed by atoms with E-state index >= 15 is 0 Å². The lowest BCUT2D eigenvalue weighted by Crippen LogP contribution is -2.47. The van der Waals surface area contributed by atoms with Crippen molar-refractivity contribution in [3.05, 3.63) is 29.6 Å². The topological polar surface area (TPSA) is 44.5 Å². The van der Waals surface area contributed by atoms with Crippen LogP contribution in [0.3, 0.4) is 0 Å². The lowest BCUT2D eigenvalue weighted by molar-refractivity contribution is -0.146. The number of hydrogen-bond acceptors (Lipinski definition) is 3. The van der Waals surface area contributed by atoms with E-state index in [0.29, 0.717) is 11.3 Å². The van der Waals surface area contributed by atoms with E-state index in [1.165, 1.54) is 12.5 Å². The predicted octanol–water partition coefficient (Wildman–Crippen LogP) is 3.18. The van der Waals surface area contributed by atoms with Gasteiger partial charge in [-0.25, -0.2) is 4.39 Å². The molecule has 2 aliphatic rings. The van der Waals surface area contributed by atoms with Crippen LogP contribution in [0.1, 0.15) is 43.7 Å². The first-order valence-corrected chi connectivity index (χ1v) is 7.37. The molecule has 1 spiro atoms. The van der Waals surface area contributed by atoms with Crippen molar-refractivity contribution in [1.29, 1.82) is 0 Å². The van der Waals surface area contributed by atoms with Crippen LogP contribution < -0.4 is 10.5 Å². The summed E-state index contributed by atoms with van der Waals surface area (Å²) in [4.78, 5) is 0. The second kappa shape index (κ2) is 5.34. The van der Waals surface area contributed by atoms with Crippen LogP contribution in [0.5, 0.6) is 5.75 Å². The van der Waals surface area contributed by atoms with Gasteiger partial charge in [0.15, 0.2) is 0 Å².